The highest BCUT2D eigenvalue weighted by molar-refractivity contribution is 5.99. The first-order chi connectivity index (χ1) is 6.34. The summed E-state index contributed by atoms with van der Waals surface area (Å²) in [5.41, 5.74) is 1.95. The van der Waals surface area contributed by atoms with Crippen LogP contribution in [0, 0.1) is 0 Å². The number of allylic oxidation sites excluding steroid dienone is 1. The van der Waals surface area contributed by atoms with Gasteiger partial charge < -0.3 is 5.32 Å². The van der Waals surface area contributed by atoms with Crippen molar-refractivity contribution >= 4 is 11.6 Å². The molecular weight excluding hydrogens is 166 g/mol. The maximum absolute atomic E-state index is 11.3. The number of nitrogens with one attached hydrogen (secondary N) is 2. The van der Waals surface area contributed by atoms with Gasteiger partial charge in [-0.3, -0.25) is 9.89 Å². The van der Waals surface area contributed by atoms with Gasteiger partial charge in [-0.1, -0.05) is 5.57 Å². The Bertz CT molecular complexity index is 321. The van der Waals surface area contributed by atoms with Crippen molar-refractivity contribution in [3.05, 3.63) is 24.0 Å². The van der Waals surface area contributed by atoms with Crippen LogP contribution in [-0.4, -0.2) is 16.1 Å². The molecule has 4 nitrogen and oxygen atoms in total. The number of carbonyl (C=O) groups is 1. The molecular formula is C9H11N3O. The number of carbonyl (C=O) groups excluding carboxylic acids is 1. The van der Waals surface area contributed by atoms with Crippen LogP contribution in [0.3, 0.4) is 0 Å². The number of aromatic amines is 1. The van der Waals surface area contributed by atoms with Crippen LogP contribution < -0.4 is 5.32 Å². The summed E-state index contributed by atoms with van der Waals surface area (Å²) in [6.07, 6.45) is 8.26. The summed E-state index contributed by atoms with van der Waals surface area (Å²) < 4.78 is 0. The number of nitrogens with zero attached hydrogens (tertiary/aromatic N) is 1. The number of anilines is 1. The van der Waals surface area contributed by atoms with E-state index in [0.717, 1.165) is 12.8 Å². The molecule has 2 N–H and O–H groups in total. The fourth-order valence-electron chi connectivity index (χ4n) is 1.21. The Hall–Kier alpha value is -1.58. The summed E-state index contributed by atoms with van der Waals surface area (Å²) in [6, 6.07) is 0. The van der Waals surface area contributed by atoms with E-state index in [9.17, 15) is 4.79 Å². The fraction of sp³-hybridized carbons (Fsp3) is 0.333. The number of rotatable bonds is 2. The largest absolute Gasteiger partial charge is 0.320 e. The standard InChI is InChI=1S/C9H11N3O/c13-9(4-7-2-1-3-7)12-8-5-10-11-6-8/h4-6H,1-3H2,(H,10,11)(H,12,13). The first-order valence-corrected chi connectivity index (χ1v) is 4.34. The van der Waals surface area contributed by atoms with Crippen molar-refractivity contribution in [1.82, 2.24) is 10.2 Å². The molecule has 13 heavy (non-hydrogen) atoms. The van der Waals surface area contributed by atoms with Crippen molar-refractivity contribution in [3.8, 4) is 0 Å². The second-order valence-corrected chi connectivity index (χ2v) is 3.13. The Morgan fingerprint density at radius 2 is 2.46 bits per heavy atom. The number of amides is 1. The van der Waals surface area contributed by atoms with Crippen LogP contribution in [0.25, 0.3) is 0 Å². The van der Waals surface area contributed by atoms with Crippen LogP contribution in [0.1, 0.15) is 19.3 Å². The van der Waals surface area contributed by atoms with Gasteiger partial charge in [-0.15, -0.1) is 0 Å². The number of hydrogen-bond donors (Lipinski definition) is 2. The Labute approximate surface area is 76.0 Å². The molecule has 0 saturated heterocycles. The molecule has 68 valence electrons. The lowest BCUT2D eigenvalue weighted by Gasteiger charge is -2.15. The lowest BCUT2D eigenvalue weighted by molar-refractivity contribution is -0.112. The molecule has 1 heterocycles. The molecule has 2 rings (SSSR count). The van der Waals surface area contributed by atoms with Crippen molar-refractivity contribution in [2.75, 3.05) is 5.32 Å². The molecule has 0 bridgehead atoms. The quantitative estimate of drug-likeness (QED) is 0.672. The molecule has 0 unspecified atom stereocenters. The highest BCUT2D eigenvalue weighted by atomic mass is 16.1. The number of aromatic nitrogens is 2. The van der Waals surface area contributed by atoms with E-state index < -0.39 is 0 Å². The summed E-state index contributed by atoms with van der Waals surface area (Å²) in [5, 5.41) is 9.07. The lowest BCUT2D eigenvalue weighted by atomic mass is 9.92. The van der Waals surface area contributed by atoms with E-state index in [4.69, 9.17) is 0 Å². The monoisotopic (exact) mass is 177 g/mol. The molecule has 0 aliphatic heterocycles. The molecule has 0 atom stereocenters. The van der Waals surface area contributed by atoms with E-state index in [1.54, 1.807) is 18.5 Å². The third-order valence-electron chi connectivity index (χ3n) is 2.10. The highest BCUT2D eigenvalue weighted by Gasteiger charge is 2.10. The number of H-pyrrole nitrogens is 1. The van der Waals surface area contributed by atoms with Crippen molar-refractivity contribution in [3.63, 3.8) is 0 Å². The Kier molecular flexibility index (Phi) is 2.12. The summed E-state index contributed by atoms with van der Waals surface area (Å²) in [7, 11) is 0. The van der Waals surface area contributed by atoms with Crippen LogP contribution in [0.5, 0.6) is 0 Å². The normalized spacial score (nSPS) is 14.9. The summed E-state index contributed by atoms with van der Waals surface area (Å²) in [4.78, 5) is 11.3. The van der Waals surface area contributed by atoms with E-state index in [2.05, 4.69) is 15.5 Å². The van der Waals surface area contributed by atoms with Crippen LogP contribution in [-0.2, 0) is 4.79 Å². The van der Waals surface area contributed by atoms with Crippen LogP contribution in [0.2, 0.25) is 0 Å². The van der Waals surface area contributed by atoms with Gasteiger partial charge in [0.25, 0.3) is 0 Å². The SMILES string of the molecule is O=C(C=C1CCC1)Nc1cn[nH]c1. The van der Waals surface area contributed by atoms with E-state index in [1.165, 1.54) is 12.0 Å². The molecule has 1 aliphatic carbocycles. The topological polar surface area (TPSA) is 57.8 Å². The highest BCUT2D eigenvalue weighted by Crippen LogP contribution is 2.24. The molecule has 1 aromatic rings. The van der Waals surface area contributed by atoms with Crippen LogP contribution >= 0.6 is 0 Å². The Morgan fingerprint density at radius 1 is 1.62 bits per heavy atom. The van der Waals surface area contributed by atoms with Crippen molar-refractivity contribution in [2.24, 2.45) is 0 Å². The summed E-state index contributed by atoms with van der Waals surface area (Å²) in [5.74, 6) is -0.0592. The maximum Gasteiger partial charge on any atom is 0.248 e. The molecule has 1 aliphatic rings. The van der Waals surface area contributed by atoms with E-state index in [-0.39, 0.29) is 5.91 Å². The molecule has 1 saturated carbocycles. The first-order valence-electron chi connectivity index (χ1n) is 4.34. The number of hydrogen-bond acceptors (Lipinski definition) is 2. The molecule has 1 fully saturated rings. The molecule has 0 radical (unpaired) electrons. The van der Waals surface area contributed by atoms with Gasteiger partial charge >= 0.3 is 0 Å². The van der Waals surface area contributed by atoms with Crippen molar-refractivity contribution < 1.29 is 4.79 Å². The third kappa shape index (κ3) is 1.96. The van der Waals surface area contributed by atoms with Gasteiger partial charge in [0.1, 0.15) is 0 Å². The minimum atomic E-state index is -0.0592. The predicted octanol–water partition coefficient (Wildman–Crippen LogP) is 1.46. The van der Waals surface area contributed by atoms with E-state index in [0.29, 0.717) is 5.69 Å². The molecule has 1 aromatic heterocycles. The average Bonchev–Trinajstić information content (AvgIpc) is 2.49. The Morgan fingerprint density at radius 3 is 3.00 bits per heavy atom. The van der Waals surface area contributed by atoms with Gasteiger partial charge in [-0.25, -0.2) is 0 Å². The minimum Gasteiger partial charge on any atom is -0.320 e. The predicted molar refractivity (Wildman–Crippen MR) is 49.2 cm³/mol. The Balaban J connectivity index is 1.92. The maximum atomic E-state index is 11.3. The average molecular weight is 177 g/mol. The molecule has 4 heteroatoms. The molecule has 0 aromatic carbocycles. The smallest absolute Gasteiger partial charge is 0.248 e. The van der Waals surface area contributed by atoms with Gasteiger partial charge in [0.2, 0.25) is 5.91 Å². The molecule has 0 spiro atoms. The lowest BCUT2D eigenvalue weighted by Crippen LogP contribution is -2.10. The van der Waals surface area contributed by atoms with Gasteiger partial charge in [-0.2, -0.15) is 5.10 Å². The van der Waals surface area contributed by atoms with Gasteiger partial charge in [0.15, 0.2) is 0 Å². The van der Waals surface area contributed by atoms with Gasteiger partial charge in [0.05, 0.1) is 11.9 Å². The van der Waals surface area contributed by atoms with Crippen molar-refractivity contribution in [1.29, 1.82) is 0 Å². The fourth-order valence-corrected chi connectivity index (χ4v) is 1.21. The zero-order chi connectivity index (χ0) is 9.10. The van der Waals surface area contributed by atoms with E-state index in [1.807, 2.05) is 0 Å². The van der Waals surface area contributed by atoms with E-state index >= 15 is 0 Å². The van der Waals surface area contributed by atoms with Crippen LogP contribution in [0.4, 0.5) is 5.69 Å². The zero-order valence-electron chi connectivity index (χ0n) is 7.21. The molecule has 1 amide bonds. The summed E-state index contributed by atoms with van der Waals surface area (Å²) >= 11 is 0. The minimum absolute atomic E-state index is 0.0592. The zero-order valence-corrected chi connectivity index (χ0v) is 7.21. The second-order valence-electron chi connectivity index (χ2n) is 3.13. The van der Waals surface area contributed by atoms with Crippen LogP contribution in [0.15, 0.2) is 24.0 Å². The second kappa shape index (κ2) is 3.43. The van der Waals surface area contributed by atoms with Gasteiger partial charge in [0, 0.05) is 12.3 Å². The van der Waals surface area contributed by atoms with Gasteiger partial charge in [-0.05, 0) is 19.3 Å². The first kappa shape index (κ1) is 8.04. The van der Waals surface area contributed by atoms with Crippen molar-refractivity contribution in [2.45, 2.75) is 19.3 Å². The third-order valence-corrected chi connectivity index (χ3v) is 2.10. The summed E-state index contributed by atoms with van der Waals surface area (Å²) in [6.45, 7) is 0.